The predicted octanol–water partition coefficient (Wildman–Crippen LogP) is 3.55. The first kappa shape index (κ1) is 17.9. The maximum absolute atomic E-state index is 13.1. The molecule has 0 saturated carbocycles. The van der Waals surface area contributed by atoms with Gasteiger partial charge in [-0.2, -0.15) is 5.10 Å². The Morgan fingerprint density at radius 3 is 2.68 bits per heavy atom. The van der Waals surface area contributed by atoms with Crippen LogP contribution >= 0.6 is 0 Å². The van der Waals surface area contributed by atoms with Crippen LogP contribution in [0.2, 0.25) is 0 Å². The zero-order valence-corrected chi connectivity index (χ0v) is 15.9. The Kier molecular flexibility index (Phi) is 4.85. The second kappa shape index (κ2) is 7.60. The largest absolute Gasteiger partial charge is 0.497 e. The lowest BCUT2D eigenvalue weighted by Gasteiger charge is -2.19. The lowest BCUT2D eigenvalue weighted by molar-refractivity contribution is 0.0924. The van der Waals surface area contributed by atoms with Crippen molar-refractivity contribution < 1.29 is 9.53 Å². The fourth-order valence-electron chi connectivity index (χ4n) is 3.42. The fourth-order valence-corrected chi connectivity index (χ4v) is 3.42. The summed E-state index contributed by atoms with van der Waals surface area (Å²) in [5.74, 6) is 0.643. The summed E-state index contributed by atoms with van der Waals surface area (Å²) in [6.45, 7) is 0.556. The molecule has 4 aromatic rings. The van der Waals surface area contributed by atoms with Gasteiger partial charge in [0.1, 0.15) is 11.4 Å². The number of carbonyl (C=O) groups excluding carboxylic acids is 1. The minimum Gasteiger partial charge on any atom is -0.497 e. The topological polar surface area (TPSA) is 61.1 Å². The van der Waals surface area contributed by atoms with Crippen LogP contribution < -0.4 is 10.1 Å². The van der Waals surface area contributed by atoms with Gasteiger partial charge in [0.2, 0.25) is 0 Å². The number of fused-ring (bicyclic) bond motifs is 1. The van der Waals surface area contributed by atoms with Crippen LogP contribution in [0.1, 0.15) is 22.1 Å². The summed E-state index contributed by atoms with van der Waals surface area (Å²) >= 11 is 0. The quantitative estimate of drug-likeness (QED) is 0.561. The van der Waals surface area contributed by atoms with Crippen LogP contribution in [-0.2, 0) is 13.6 Å². The first-order valence-corrected chi connectivity index (χ1v) is 9.12. The van der Waals surface area contributed by atoms with Crippen molar-refractivity contribution in [1.82, 2.24) is 19.7 Å². The van der Waals surface area contributed by atoms with Gasteiger partial charge in [0, 0.05) is 30.3 Å². The van der Waals surface area contributed by atoms with Crippen molar-refractivity contribution in [2.75, 3.05) is 7.11 Å². The zero-order chi connectivity index (χ0) is 19.5. The van der Waals surface area contributed by atoms with Crippen LogP contribution in [0, 0.1) is 0 Å². The zero-order valence-electron chi connectivity index (χ0n) is 15.9. The molecule has 2 aromatic heterocycles. The van der Waals surface area contributed by atoms with Gasteiger partial charge in [-0.3, -0.25) is 9.48 Å². The Balaban J connectivity index is 1.64. The van der Waals surface area contributed by atoms with Crippen LogP contribution in [0.4, 0.5) is 0 Å². The molecule has 0 spiro atoms. The molecule has 1 amide bonds. The van der Waals surface area contributed by atoms with E-state index in [0.717, 1.165) is 22.2 Å². The average molecular weight is 374 g/mol. The number of rotatable bonds is 6. The summed E-state index contributed by atoms with van der Waals surface area (Å²) in [4.78, 5) is 13.1. The SMILES string of the molecule is COc1ccc2c(c1)cc(C(=O)NC(Cn1cccn1)c1ccccc1)n2C. The molecule has 0 bridgehead atoms. The Bertz CT molecular complexity index is 1080. The molecule has 0 radical (unpaired) electrons. The highest BCUT2D eigenvalue weighted by Gasteiger charge is 2.20. The van der Waals surface area contributed by atoms with Crippen LogP contribution in [0.15, 0.2) is 73.1 Å². The van der Waals surface area contributed by atoms with Crippen molar-refractivity contribution in [3.05, 3.63) is 84.3 Å². The predicted molar refractivity (Wildman–Crippen MR) is 108 cm³/mol. The third-order valence-corrected chi connectivity index (χ3v) is 4.92. The number of benzene rings is 2. The molecule has 142 valence electrons. The van der Waals surface area contributed by atoms with Crippen LogP contribution in [0.3, 0.4) is 0 Å². The summed E-state index contributed by atoms with van der Waals surface area (Å²) < 4.78 is 9.02. The van der Waals surface area contributed by atoms with Crippen LogP contribution in [-0.4, -0.2) is 27.4 Å². The first-order valence-electron chi connectivity index (χ1n) is 9.12. The Morgan fingerprint density at radius 2 is 1.96 bits per heavy atom. The number of amides is 1. The summed E-state index contributed by atoms with van der Waals surface area (Å²) in [6, 6.07) is 19.3. The van der Waals surface area contributed by atoms with E-state index in [4.69, 9.17) is 4.74 Å². The molecule has 1 atom stereocenters. The molecule has 0 saturated heterocycles. The van der Waals surface area contributed by atoms with Gasteiger partial charge >= 0.3 is 0 Å². The van der Waals surface area contributed by atoms with Crippen molar-refractivity contribution in [2.24, 2.45) is 7.05 Å². The number of hydrogen-bond acceptors (Lipinski definition) is 3. The van der Waals surface area contributed by atoms with Crippen LogP contribution in [0.5, 0.6) is 5.75 Å². The molecule has 1 N–H and O–H groups in total. The maximum Gasteiger partial charge on any atom is 0.268 e. The number of aromatic nitrogens is 3. The molecule has 0 aliphatic rings. The molecule has 1 unspecified atom stereocenters. The normalized spacial score (nSPS) is 12.1. The van der Waals surface area contributed by atoms with E-state index in [1.807, 2.05) is 83.2 Å². The minimum absolute atomic E-state index is 0.126. The summed E-state index contributed by atoms with van der Waals surface area (Å²) in [5.41, 5.74) is 2.62. The van der Waals surface area contributed by atoms with E-state index in [-0.39, 0.29) is 11.9 Å². The van der Waals surface area contributed by atoms with Gasteiger partial charge in [-0.1, -0.05) is 30.3 Å². The molecule has 4 rings (SSSR count). The average Bonchev–Trinajstić information content (AvgIpc) is 3.35. The maximum atomic E-state index is 13.1. The molecule has 0 aliphatic heterocycles. The Hall–Kier alpha value is -3.54. The van der Waals surface area contributed by atoms with E-state index < -0.39 is 0 Å². The highest BCUT2D eigenvalue weighted by molar-refractivity contribution is 5.99. The van der Waals surface area contributed by atoms with Crippen LogP contribution in [0.25, 0.3) is 10.9 Å². The summed E-state index contributed by atoms with van der Waals surface area (Å²) in [7, 11) is 3.53. The summed E-state index contributed by atoms with van der Waals surface area (Å²) in [5, 5.41) is 8.41. The minimum atomic E-state index is -0.193. The molecule has 6 heteroatoms. The molecule has 0 fully saturated rings. The third kappa shape index (κ3) is 3.49. The van der Waals surface area contributed by atoms with E-state index in [2.05, 4.69) is 10.4 Å². The molecule has 2 heterocycles. The van der Waals surface area contributed by atoms with Crippen molar-refractivity contribution in [2.45, 2.75) is 12.6 Å². The second-order valence-electron chi connectivity index (χ2n) is 6.68. The van der Waals surface area contributed by atoms with Crippen molar-refractivity contribution in [3.63, 3.8) is 0 Å². The van der Waals surface area contributed by atoms with Gasteiger partial charge in [0.05, 0.1) is 19.7 Å². The number of nitrogens with one attached hydrogen (secondary N) is 1. The van der Waals surface area contributed by atoms with E-state index in [9.17, 15) is 4.79 Å². The number of methoxy groups -OCH3 is 1. The number of aryl methyl sites for hydroxylation is 1. The van der Waals surface area contributed by atoms with Gasteiger partial charge in [0.15, 0.2) is 0 Å². The third-order valence-electron chi connectivity index (χ3n) is 4.92. The van der Waals surface area contributed by atoms with E-state index in [1.165, 1.54) is 0 Å². The van der Waals surface area contributed by atoms with Gasteiger partial charge < -0.3 is 14.6 Å². The van der Waals surface area contributed by atoms with Gasteiger partial charge in [-0.05, 0) is 35.9 Å². The number of carbonyl (C=O) groups is 1. The molecule has 2 aromatic carbocycles. The molecular formula is C22H22N4O2. The monoisotopic (exact) mass is 374 g/mol. The standard InChI is InChI=1S/C22H22N4O2/c1-25-20-10-9-18(28-2)13-17(20)14-21(25)22(27)24-19(15-26-12-6-11-23-26)16-7-4-3-5-8-16/h3-14,19H,15H2,1-2H3,(H,24,27). The molecular weight excluding hydrogens is 352 g/mol. The number of ether oxygens (including phenoxy) is 1. The van der Waals surface area contributed by atoms with Crippen molar-refractivity contribution in [1.29, 1.82) is 0 Å². The number of nitrogens with zero attached hydrogens (tertiary/aromatic N) is 3. The van der Waals surface area contributed by atoms with Crippen molar-refractivity contribution >= 4 is 16.8 Å². The van der Waals surface area contributed by atoms with Gasteiger partial charge in [0.25, 0.3) is 5.91 Å². The highest BCUT2D eigenvalue weighted by atomic mass is 16.5. The van der Waals surface area contributed by atoms with E-state index in [0.29, 0.717) is 12.2 Å². The first-order chi connectivity index (χ1) is 13.7. The Labute approximate surface area is 163 Å². The summed E-state index contributed by atoms with van der Waals surface area (Å²) in [6.07, 6.45) is 3.63. The lowest BCUT2D eigenvalue weighted by atomic mass is 10.1. The molecule has 28 heavy (non-hydrogen) atoms. The smallest absolute Gasteiger partial charge is 0.268 e. The highest BCUT2D eigenvalue weighted by Crippen LogP contribution is 2.24. The second-order valence-corrected chi connectivity index (χ2v) is 6.68. The van der Waals surface area contributed by atoms with E-state index >= 15 is 0 Å². The van der Waals surface area contributed by atoms with Gasteiger partial charge in [-0.15, -0.1) is 0 Å². The van der Waals surface area contributed by atoms with Gasteiger partial charge in [-0.25, -0.2) is 0 Å². The van der Waals surface area contributed by atoms with Crippen molar-refractivity contribution in [3.8, 4) is 5.75 Å². The van der Waals surface area contributed by atoms with E-state index in [1.54, 1.807) is 13.3 Å². The number of hydrogen-bond donors (Lipinski definition) is 1. The fraction of sp³-hybridized carbons (Fsp3) is 0.182. The molecule has 6 nitrogen and oxygen atoms in total. The Morgan fingerprint density at radius 1 is 1.14 bits per heavy atom. The molecule has 0 aliphatic carbocycles. The lowest BCUT2D eigenvalue weighted by Crippen LogP contribution is -2.32.